The third kappa shape index (κ3) is 4.42. The highest BCUT2D eigenvalue weighted by Gasteiger charge is 2.45. The summed E-state index contributed by atoms with van der Waals surface area (Å²) in [4.78, 5) is 2.66. The average Bonchev–Trinajstić information content (AvgIpc) is 3.27. The zero-order chi connectivity index (χ0) is 14.4. The maximum Gasteiger partial charge on any atom is 0.0700 e. The topological polar surface area (TPSA) is 33.7 Å². The molecule has 1 saturated heterocycles. The van der Waals surface area contributed by atoms with E-state index in [9.17, 15) is 0 Å². The molecule has 0 aromatic rings. The fourth-order valence-corrected chi connectivity index (χ4v) is 3.39. The van der Waals surface area contributed by atoms with E-state index in [1.54, 1.807) is 7.11 Å². The van der Waals surface area contributed by atoms with Gasteiger partial charge >= 0.3 is 0 Å². The molecule has 2 unspecified atom stereocenters. The minimum atomic E-state index is 0.330. The zero-order valence-electron chi connectivity index (χ0n) is 13.5. The summed E-state index contributed by atoms with van der Waals surface area (Å²) in [5.41, 5.74) is 0.330. The van der Waals surface area contributed by atoms with Crippen LogP contribution in [-0.2, 0) is 9.47 Å². The molecule has 0 bridgehead atoms. The van der Waals surface area contributed by atoms with Gasteiger partial charge < -0.3 is 14.8 Å². The fraction of sp³-hybridized carbons (Fsp3) is 1.00. The van der Waals surface area contributed by atoms with Crippen LogP contribution in [0.5, 0.6) is 0 Å². The van der Waals surface area contributed by atoms with Gasteiger partial charge in [-0.15, -0.1) is 0 Å². The lowest BCUT2D eigenvalue weighted by molar-refractivity contribution is 0.0215. The molecule has 2 atom stereocenters. The van der Waals surface area contributed by atoms with E-state index in [2.05, 4.69) is 24.1 Å². The minimum absolute atomic E-state index is 0.330. The van der Waals surface area contributed by atoms with E-state index in [1.807, 2.05) is 0 Å². The second-order valence-corrected chi connectivity index (χ2v) is 6.59. The molecular weight excluding hydrogens is 252 g/mol. The van der Waals surface area contributed by atoms with Gasteiger partial charge in [0.15, 0.2) is 0 Å². The molecule has 1 aliphatic heterocycles. The average molecular weight is 284 g/mol. The summed E-state index contributed by atoms with van der Waals surface area (Å²) in [5.74, 6) is 0.891. The molecule has 0 aromatic carbocycles. The highest BCUT2D eigenvalue weighted by molar-refractivity contribution is 5.04. The number of nitrogens with zero attached hydrogens (tertiary/aromatic N) is 1. The lowest BCUT2D eigenvalue weighted by Crippen LogP contribution is -2.64. The maximum absolute atomic E-state index is 5.66. The summed E-state index contributed by atoms with van der Waals surface area (Å²) in [6.07, 6.45) is 5.35. The molecule has 2 rings (SSSR count). The molecule has 0 aromatic heterocycles. The van der Waals surface area contributed by atoms with Crippen LogP contribution in [0.15, 0.2) is 0 Å². The molecule has 20 heavy (non-hydrogen) atoms. The van der Waals surface area contributed by atoms with Crippen molar-refractivity contribution in [1.82, 2.24) is 10.2 Å². The molecule has 1 saturated carbocycles. The Hall–Kier alpha value is -0.160. The lowest BCUT2D eigenvalue weighted by atomic mass is 9.90. The van der Waals surface area contributed by atoms with Gasteiger partial charge in [0.1, 0.15) is 0 Å². The van der Waals surface area contributed by atoms with Gasteiger partial charge in [0.05, 0.1) is 19.8 Å². The maximum atomic E-state index is 5.66. The number of hydrogen-bond donors (Lipinski definition) is 1. The lowest BCUT2D eigenvalue weighted by Gasteiger charge is -2.47. The van der Waals surface area contributed by atoms with E-state index in [0.717, 1.165) is 25.6 Å². The van der Waals surface area contributed by atoms with Crippen LogP contribution in [0.3, 0.4) is 0 Å². The first-order chi connectivity index (χ1) is 9.69. The Morgan fingerprint density at radius 2 is 2.05 bits per heavy atom. The van der Waals surface area contributed by atoms with E-state index < -0.39 is 0 Å². The van der Waals surface area contributed by atoms with Gasteiger partial charge in [-0.1, -0.05) is 13.3 Å². The molecule has 0 radical (unpaired) electrons. The fourth-order valence-electron chi connectivity index (χ4n) is 3.39. The van der Waals surface area contributed by atoms with Crippen LogP contribution in [0.1, 0.15) is 39.5 Å². The molecule has 4 nitrogen and oxygen atoms in total. The van der Waals surface area contributed by atoms with Gasteiger partial charge in [0, 0.05) is 38.3 Å². The quantitative estimate of drug-likeness (QED) is 0.656. The third-order valence-electron chi connectivity index (χ3n) is 4.84. The molecule has 4 heteroatoms. The highest BCUT2D eigenvalue weighted by Crippen LogP contribution is 2.41. The van der Waals surface area contributed by atoms with E-state index in [1.165, 1.54) is 32.2 Å². The predicted molar refractivity (Wildman–Crippen MR) is 82.1 cm³/mol. The van der Waals surface area contributed by atoms with Gasteiger partial charge in [-0.25, -0.2) is 0 Å². The van der Waals surface area contributed by atoms with Crippen LogP contribution in [-0.4, -0.2) is 63.0 Å². The molecule has 1 heterocycles. The molecule has 2 fully saturated rings. The Kier molecular flexibility index (Phi) is 6.27. The largest absolute Gasteiger partial charge is 0.382 e. The third-order valence-corrected chi connectivity index (χ3v) is 4.84. The van der Waals surface area contributed by atoms with Crippen molar-refractivity contribution >= 4 is 0 Å². The molecule has 1 N–H and O–H groups in total. The SMILES string of the molecule is CCCC1CNC(C)(C2CC2)CN1CCOCCOC. The Bertz CT molecular complexity index is 284. The second kappa shape index (κ2) is 7.74. The Morgan fingerprint density at radius 1 is 1.25 bits per heavy atom. The van der Waals surface area contributed by atoms with Crippen LogP contribution < -0.4 is 5.32 Å². The number of nitrogens with one attached hydrogen (secondary N) is 1. The van der Waals surface area contributed by atoms with Gasteiger partial charge in [-0.2, -0.15) is 0 Å². The first-order valence-electron chi connectivity index (χ1n) is 8.25. The van der Waals surface area contributed by atoms with Crippen molar-refractivity contribution in [3.63, 3.8) is 0 Å². The van der Waals surface area contributed by atoms with Crippen LogP contribution in [0.25, 0.3) is 0 Å². The van der Waals surface area contributed by atoms with Crippen molar-refractivity contribution in [2.45, 2.75) is 51.1 Å². The molecule has 0 spiro atoms. The van der Waals surface area contributed by atoms with Crippen molar-refractivity contribution in [2.24, 2.45) is 5.92 Å². The van der Waals surface area contributed by atoms with E-state index >= 15 is 0 Å². The number of hydrogen-bond acceptors (Lipinski definition) is 4. The number of methoxy groups -OCH3 is 1. The standard InChI is InChI=1S/C16H32N2O2/c1-4-5-15-12-17-16(2,14-6-7-14)13-18(15)8-9-20-11-10-19-3/h14-15,17H,4-13H2,1-3H3. The van der Waals surface area contributed by atoms with Gasteiger partial charge in [0.2, 0.25) is 0 Å². The summed E-state index contributed by atoms with van der Waals surface area (Å²) in [6.45, 7) is 10.3. The van der Waals surface area contributed by atoms with Crippen molar-refractivity contribution < 1.29 is 9.47 Å². The van der Waals surface area contributed by atoms with Crippen molar-refractivity contribution in [1.29, 1.82) is 0 Å². The second-order valence-electron chi connectivity index (χ2n) is 6.59. The Labute approximate surface area is 124 Å². The van der Waals surface area contributed by atoms with E-state index in [0.29, 0.717) is 24.8 Å². The summed E-state index contributed by atoms with van der Waals surface area (Å²) in [7, 11) is 1.72. The summed E-state index contributed by atoms with van der Waals surface area (Å²) in [6, 6.07) is 0.679. The summed E-state index contributed by atoms with van der Waals surface area (Å²) < 4.78 is 10.7. The normalized spacial score (nSPS) is 31.6. The van der Waals surface area contributed by atoms with Crippen LogP contribution in [0.2, 0.25) is 0 Å². The monoisotopic (exact) mass is 284 g/mol. The van der Waals surface area contributed by atoms with Crippen LogP contribution >= 0.6 is 0 Å². The Morgan fingerprint density at radius 3 is 2.70 bits per heavy atom. The van der Waals surface area contributed by atoms with Crippen molar-refractivity contribution in [2.75, 3.05) is 46.6 Å². The van der Waals surface area contributed by atoms with Gasteiger partial charge in [0.25, 0.3) is 0 Å². The molecule has 118 valence electrons. The zero-order valence-corrected chi connectivity index (χ0v) is 13.5. The summed E-state index contributed by atoms with van der Waals surface area (Å²) >= 11 is 0. The minimum Gasteiger partial charge on any atom is -0.382 e. The van der Waals surface area contributed by atoms with Crippen molar-refractivity contribution in [3.8, 4) is 0 Å². The van der Waals surface area contributed by atoms with Crippen LogP contribution in [0, 0.1) is 5.92 Å². The van der Waals surface area contributed by atoms with Crippen molar-refractivity contribution in [3.05, 3.63) is 0 Å². The number of ether oxygens (including phenoxy) is 2. The smallest absolute Gasteiger partial charge is 0.0700 e. The summed E-state index contributed by atoms with van der Waals surface area (Å²) in [5, 5.41) is 3.83. The van der Waals surface area contributed by atoms with Gasteiger partial charge in [-0.3, -0.25) is 4.90 Å². The number of rotatable bonds is 9. The molecule has 0 amide bonds. The van der Waals surface area contributed by atoms with Crippen LogP contribution in [0.4, 0.5) is 0 Å². The van der Waals surface area contributed by atoms with Gasteiger partial charge in [-0.05, 0) is 32.1 Å². The van der Waals surface area contributed by atoms with E-state index in [4.69, 9.17) is 9.47 Å². The highest BCUT2D eigenvalue weighted by atomic mass is 16.5. The predicted octanol–water partition coefficient (Wildman–Crippen LogP) is 1.89. The molecule has 2 aliphatic rings. The number of piperazine rings is 1. The Balaban J connectivity index is 1.79. The first kappa shape index (κ1) is 16.2. The molecular formula is C16H32N2O2. The molecule has 1 aliphatic carbocycles. The van der Waals surface area contributed by atoms with E-state index in [-0.39, 0.29) is 0 Å². The first-order valence-corrected chi connectivity index (χ1v) is 8.25.